The van der Waals surface area contributed by atoms with Gasteiger partial charge in [-0.05, 0) is 19.8 Å². The highest BCUT2D eigenvalue weighted by molar-refractivity contribution is 7.86. The van der Waals surface area contributed by atoms with Crippen molar-refractivity contribution in [3.05, 3.63) is 0 Å². The molecule has 0 atom stereocenters. The molecule has 2 amide bonds. The summed E-state index contributed by atoms with van der Waals surface area (Å²) in [6.07, 6.45) is 41.7. The molecule has 0 fully saturated rings. The molecule has 0 aromatic heterocycles. The first-order valence-electron chi connectivity index (χ1n) is 22.5. The van der Waals surface area contributed by atoms with Crippen LogP contribution in [-0.2, 0) is 24.0 Å². The van der Waals surface area contributed by atoms with E-state index in [0.717, 1.165) is 38.5 Å². The number of nitrogens with two attached hydrogens (primary N) is 1. The molecule has 0 heterocycles. The average molecular weight is 758 g/mol. The van der Waals surface area contributed by atoms with Gasteiger partial charge >= 0.3 is 10.1 Å². The normalized spacial score (nSPS) is 11.7. The molecule has 0 saturated carbocycles. The van der Waals surface area contributed by atoms with Crippen molar-refractivity contribution in [2.24, 2.45) is 5.90 Å². The van der Waals surface area contributed by atoms with Crippen LogP contribution in [0.15, 0.2) is 0 Å². The van der Waals surface area contributed by atoms with Crippen LogP contribution in [0.1, 0.15) is 239 Å². The lowest BCUT2D eigenvalue weighted by atomic mass is 10.0. The maximum absolute atomic E-state index is 13.1. The molecule has 0 aromatic carbocycles. The minimum atomic E-state index is -4.06. The summed E-state index contributed by atoms with van der Waals surface area (Å²) < 4.78 is 28.5. The van der Waals surface area contributed by atoms with Crippen LogP contribution < -0.4 is 5.90 Å². The van der Waals surface area contributed by atoms with Crippen LogP contribution in [0.3, 0.4) is 0 Å². The summed E-state index contributed by atoms with van der Waals surface area (Å²) in [5.74, 6) is 4.23. The molecule has 52 heavy (non-hydrogen) atoms. The van der Waals surface area contributed by atoms with Gasteiger partial charge in [-0.3, -0.25) is 9.59 Å². The second kappa shape index (κ2) is 38.1. The van der Waals surface area contributed by atoms with Gasteiger partial charge in [0, 0.05) is 32.5 Å². The van der Waals surface area contributed by atoms with Crippen molar-refractivity contribution in [2.45, 2.75) is 239 Å². The fourth-order valence-electron chi connectivity index (χ4n) is 7.15. The maximum atomic E-state index is 13.1. The Morgan fingerprint density at radius 2 is 0.673 bits per heavy atom. The van der Waals surface area contributed by atoms with E-state index in [0.29, 0.717) is 19.5 Å². The standard InChI is InChI=1S/C43H87N3O5S/c1-4-7-9-11-13-15-17-19-21-23-25-27-29-31-33-35-37-42(47)45(6-3)39-40-46(41-52(49,50)51-44)43(48)38-36-34-32-30-28-26-24-22-20-18-16-14-12-10-8-5-2/h4-41,44H2,1-3H3. The number of hydrogen-bond donors (Lipinski definition) is 1. The molecule has 0 rings (SSSR count). The number of rotatable bonds is 41. The molecule has 2 N–H and O–H groups in total. The Bertz CT molecular complexity index is 901. The zero-order valence-electron chi connectivity index (χ0n) is 34.8. The Morgan fingerprint density at radius 1 is 0.423 bits per heavy atom. The Balaban J connectivity index is 4.12. The second-order valence-electron chi connectivity index (χ2n) is 15.5. The first kappa shape index (κ1) is 50.8. The molecule has 0 aliphatic rings. The largest absolute Gasteiger partial charge is 0.341 e. The van der Waals surface area contributed by atoms with Crippen molar-refractivity contribution in [1.29, 1.82) is 0 Å². The van der Waals surface area contributed by atoms with E-state index in [4.69, 9.17) is 5.90 Å². The molecule has 310 valence electrons. The van der Waals surface area contributed by atoms with Crippen LogP contribution >= 0.6 is 0 Å². The third-order valence-electron chi connectivity index (χ3n) is 10.7. The van der Waals surface area contributed by atoms with Gasteiger partial charge in [0.2, 0.25) is 11.8 Å². The Hall–Kier alpha value is -1.19. The van der Waals surface area contributed by atoms with Crippen molar-refractivity contribution in [2.75, 3.05) is 25.5 Å². The fraction of sp³-hybridized carbons (Fsp3) is 0.953. The molecule has 0 radical (unpaired) electrons. The molecule has 0 spiro atoms. The summed E-state index contributed by atoms with van der Waals surface area (Å²) in [4.78, 5) is 29.0. The second-order valence-corrected chi connectivity index (χ2v) is 17.1. The highest BCUT2D eigenvalue weighted by Crippen LogP contribution is 2.16. The van der Waals surface area contributed by atoms with E-state index in [2.05, 4.69) is 18.1 Å². The van der Waals surface area contributed by atoms with Gasteiger partial charge in [0.15, 0.2) is 0 Å². The van der Waals surface area contributed by atoms with E-state index in [1.165, 1.54) is 172 Å². The van der Waals surface area contributed by atoms with E-state index in [1.807, 2.05) is 6.92 Å². The zero-order valence-corrected chi connectivity index (χ0v) is 35.6. The summed E-state index contributed by atoms with van der Waals surface area (Å²) in [7, 11) is -4.06. The summed E-state index contributed by atoms with van der Waals surface area (Å²) in [5, 5.41) is 0. The van der Waals surface area contributed by atoms with Crippen LogP contribution in [0.25, 0.3) is 0 Å². The third kappa shape index (κ3) is 33.4. The number of carbonyl (C=O) groups excluding carboxylic acids is 2. The summed E-state index contributed by atoms with van der Waals surface area (Å²) in [6.45, 7) is 7.44. The molecule has 9 heteroatoms. The van der Waals surface area contributed by atoms with Gasteiger partial charge in [0.05, 0.1) is 0 Å². The highest BCUT2D eigenvalue weighted by atomic mass is 32.2. The first-order chi connectivity index (χ1) is 25.3. The molecule has 0 unspecified atom stereocenters. The smallest absolute Gasteiger partial charge is 0.301 e. The number of carbonyl (C=O) groups is 2. The van der Waals surface area contributed by atoms with Crippen molar-refractivity contribution in [3.8, 4) is 0 Å². The minimum Gasteiger partial charge on any atom is -0.341 e. The molecule has 0 bridgehead atoms. The topological polar surface area (TPSA) is 110 Å². The Labute approximate surface area is 323 Å². The van der Waals surface area contributed by atoms with Crippen LogP contribution in [-0.4, -0.2) is 55.5 Å². The predicted molar refractivity (Wildman–Crippen MR) is 221 cm³/mol. The van der Waals surface area contributed by atoms with Crippen molar-refractivity contribution >= 4 is 21.9 Å². The number of amides is 2. The summed E-state index contributed by atoms with van der Waals surface area (Å²) in [5.41, 5.74) is 0. The van der Waals surface area contributed by atoms with Crippen molar-refractivity contribution in [1.82, 2.24) is 9.80 Å². The molecule has 0 aliphatic heterocycles. The Morgan fingerprint density at radius 3 is 0.942 bits per heavy atom. The molecule has 0 aliphatic carbocycles. The summed E-state index contributed by atoms with van der Waals surface area (Å²) >= 11 is 0. The molecular formula is C43H87N3O5S. The van der Waals surface area contributed by atoms with Gasteiger partial charge in [0.1, 0.15) is 5.88 Å². The van der Waals surface area contributed by atoms with E-state index < -0.39 is 16.0 Å². The van der Waals surface area contributed by atoms with Crippen molar-refractivity contribution in [3.63, 3.8) is 0 Å². The quantitative estimate of drug-likeness (QED) is 0.0491. The van der Waals surface area contributed by atoms with Gasteiger partial charge in [-0.2, -0.15) is 18.6 Å². The molecule has 8 nitrogen and oxygen atoms in total. The summed E-state index contributed by atoms with van der Waals surface area (Å²) in [6, 6.07) is 0. The Kier molecular flexibility index (Phi) is 37.2. The number of hydrogen-bond acceptors (Lipinski definition) is 6. The molecule has 0 saturated heterocycles. The number of unbranched alkanes of at least 4 members (excludes halogenated alkanes) is 30. The minimum absolute atomic E-state index is 0.0657. The average Bonchev–Trinajstić information content (AvgIpc) is 3.14. The van der Waals surface area contributed by atoms with E-state index in [1.54, 1.807) is 4.90 Å². The lowest BCUT2D eigenvalue weighted by Crippen LogP contribution is -2.43. The maximum Gasteiger partial charge on any atom is 0.301 e. The zero-order chi connectivity index (χ0) is 38.4. The van der Waals surface area contributed by atoms with Gasteiger partial charge < -0.3 is 9.80 Å². The van der Waals surface area contributed by atoms with Gasteiger partial charge in [-0.1, -0.05) is 206 Å². The van der Waals surface area contributed by atoms with Gasteiger partial charge in [-0.25, -0.2) is 0 Å². The van der Waals surface area contributed by atoms with E-state index >= 15 is 0 Å². The van der Waals surface area contributed by atoms with Crippen molar-refractivity contribution < 1.29 is 22.3 Å². The number of nitrogens with zero attached hydrogens (tertiary/aromatic N) is 2. The predicted octanol–water partition coefficient (Wildman–Crippen LogP) is 12.1. The monoisotopic (exact) mass is 758 g/mol. The molecule has 0 aromatic rings. The molecular weight excluding hydrogens is 671 g/mol. The van der Waals surface area contributed by atoms with Gasteiger partial charge in [0.25, 0.3) is 0 Å². The number of likely N-dealkylation sites (N-methyl/N-ethyl adjacent to an activating group) is 1. The fourth-order valence-corrected chi connectivity index (χ4v) is 7.86. The first-order valence-corrected chi connectivity index (χ1v) is 24.1. The van der Waals surface area contributed by atoms with Crippen LogP contribution in [0.2, 0.25) is 0 Å². The van der Waals surface area contributed by atoms with Gasteiger partial charge in [-0.15, -0.1) is 0 Å². The van der Waals surface area contributed by atoms with Crippen LogP contribution in [0.5, 0.6) is 0 Å². The van der Waals surface area contributed by atoms with E-state index in [-0.39, 0.29) is 24.8 Å². The SMILES string of the molecule is CCCCCCCCCCCCCCCCCCC(=O)N(CC)CCN(CS(=O)(=O)ON)C(=O)CCCCCCCCCCCCCCCCCC. The van der Waals surface area contributed by atoms with Crippen LogP contribution in [0, 0.1) is 0 Å². The third-order valence-corrected chi connectivity index (χ3v) is 11.6. The van der Waals surface area contributed by atoms with Crippen LogP contribution in [0.4, 0.5) is 0 Å². The lowest BCUT2D eigenvalue weighted by Gasteiger charge is -2.27. The highest BCUT2D eigenvalue weighted by Gasteiger charge is 2.23. The lowest BCUT2D eigenvalue weighted by molar-refractivity contribution is -0.134. The van der Waals surface area contributed by atoms with E-state index in [9.17, 15) is 18.0 Å².